The number of aliphatic hydroxyl groups excluding tert-OH is 1. The first kappa shape index (κ1) is 23.5. The van der Waals surface area contributed by atoms with Crippen LogP contribution in [0.2, 0.25) is 0 Å². The number of rotatable bonds is 7. The molecule has 1 aliphatic heterocycles. The second-order valence-corrected chi connectivity index (χ2v) is 8.47. The van der Waals surface area contributed by atoms with Crippen LogP contribution in [0, 0.1) is 13.8 Å². The Morgan fingerprint density at radius 2 is 1.75 bits per heavy atom. The van der Waals surface area contributed by atoms with E-state index in [-0.39, 0.29) is 24.5 Å². The van der Waals surface area contributed by atoms with Crippen LogP contribution in [0.5, 0.6) is 5.75 Å². The third kappa shape index (κ3) is 4.28. The fraction of sp³-hybridized carbons (Fsp3) is 0.385. The lowest BCUT2D eigenvalue weighted by molar-refractivity contribution is -0.140. The molecule has 2 aromatic rings. The first-order chi connectivity index (χ1) is 15.2. The van der Waals surface area contributed by atoms with Crippen LogP contribution in [0.25, 0.3) is 5.76 Å². The number of Topliss-reactive ketones (excluding diaryl/α,β-unsaturated/α-hetero) is 1. The fourth-order valence-corrected chi connectivity index (χ4v) is 4.26. The molecule has 1 atom stereocenters. The number of likely N-dealkylation sites (tertiary alicyclic amines) is 1. The van der Waals surface area contributed by atoms with Gasteiger partial charge in [-0.15, -0.1) is 0 Å². The summed E-state index contributed by atoms with van der Waals surface area (Å²) in [5.41, 5.74) is 4.12. The van der Waals surface area contributed by atoms with Crippen LogP contribution in [-0.2, 0) is 14.3 Å². The summed E-state index contributed by atoms with van der Waals surface area (Å²) >= 11 is 0. The summed E-state index contributed by atoms with van der Waals surface area (Å²) in [5.74, 6) is -0.763. The van der Waals surface area contributed by atoms with Gasteiger partial charge in [-0.05, 0) is 48.1 Å². The Labute approximate surface area is 189 Å². The average molecular weight is 438 g/mol. The highest BCUT2D eigenvalue weighted by molar-refractivity contribution is 6.46. The highest BCUT2D eigenvalue weighted by Crippen LogP contribution is 2.41. The Hall–Kier alpha value is -3.12. The standard InChI is InChI=1S/C26H31NO5/c1-15(2)18-7-9-19(10-8-18)22-21(24(29)26(30)27(22)11-12-31-5)23(28)20-14-16(3)13-17(4)25(20)32-6/h7-10,13-15,22,28H,11-12H2,1-6H3/b23-21+. The molecule has 1 heterocycles. The summed E-state index contributed by atoms with van der Waals surface area (Å²) in [6.45, 7) is 8.50. The highest BCUT2D eigenvalue weighted by atomic mass is 16.5. The quantitative estimate of drug-likeness (QED) is 0.392. The summed E-state index contributed by atoms with van der Waals surface area (Å²) in [4.78, 5) is 27.5. The van der Waals surface area contributed by atoms with Gasteiger partial charge in [0.15, 0.2) is 0 Å². The second kappa shape index (κ2) is 9.57. The largest absolute Gasteiger partial charge is 0.507 e. The van der Waals surface area contributed by atoms with Crippen LogP contribution in [0.3, 0.4) is 0 Å². The molecule has 6 nitrogen and oxygen atoms in total. The maximum absolute atomic E-state index is 13.1. The van der Waals surface area contributed by atoms with Crippen molar-refractivity contribution >= 4 is 17.4 Å². The molecule has 2 aromatic carbocycles. The summed E-state index contributed by atoms with van der Waals surface area (Å²) in [6, 6.07) is 10.8. The number of ketones is 1. The van der Waals surface area contributed by atoms with E-state index < -0.39 is 17.7 Å². The predicted molar refractivity (Wildman–Crippen MR) is 124 cm³/mol. The van der Waals surface area contributed by atoms with Gasteiger partial charge in [-0.3, -0.25) is 9.59 Å². The number of nitrogens with zero attached hydrogens (tertiary/aromatic N) is 1. The van der Waals surface area contributed by atoms with Gasteiger partial charge in [-0.2, -0.15) is 0 Å². The van der Waals surface area contributed by atoms with Gasteiger partial charge in [0.1, 0.15) is 11.5 Å². The van der Waals surface area contributed by atoms with E-state index in [9.17, 15) is 14.7 Å². The molecule has 1 fully saturated rings. The molecule has 0 radical (unpaired) electrons. The molecule has 0 bridgehead atoms. The summed E-state index contributed by atoms with van der Waals surface area (Å²) in [5, 5.41) is 11.4. The van der Waals surface area contributed by atoms with Gasteiger partial charge in [0.05, 0.1) is 30.9 Å². The van der Waals surface area contributed by atoms with E-state index in [1.54, 1.807) is 13.2 Å². The molecule has 1 N–H and O–H groups in total. The fourth-order valence-electron chi connectivity index (χ4n) is 4.26. The smallest absolute Gasteiger partial charge is 0.295 e. The summed E-state index contributed by atoms with van der Waals surface area (Å²) in [6.07, 6.45) is 0. The van der Waals surface area contributed by atoms with Crippen molar-refractivity contribution in [1.29, 1.82) is 0 Å². The molecule has 32 heavy (non-hydrogen) atoms. The summed E-state index contributed by atoms with van der Waals surface area (Å²) in [7, 11) is 3.07. The number of hydrogen-bond donors (Lipinski definition) is 1. The van der Waals surface area contributed by atoms with Crippen LogP contribution in [0.1, 0.15) is 53.6 Å². The number of benzene rings is 2. The van der Waals surface area contributed by atoms with Crippen molar-refractivity contribution < 1.29 is 24.2 Å². The lowest BCUT2D eigenvalue weighted by atomic mass is 9.92. The number of carbonyl (C=O) groups is 2. The van der Waals surface area contributed by atoms with Crippen molar-refractivity contribution in [3.05, 3.63) is 69.8 Å². The Kier molecular flexibility index (Phi) is 7.04. The van der Waals surface area contributed by atoms with Crippen molar-refractivity contribution in [3.8, 4) is 5.75 Å². The molecule has 0 aromatic heterocycles. The zero-order valence-corrected chi connectivity index (χ0v) is 19.6. The third-order valence-corrected chi connectivity index (χ3v) is 5.87. The van der Waals surface area contributed by atoms with Crippen molar-refractivity contribution in [2.24, 2.45) is 0 Å². The van der Waals surface area contributed by atoms with Gasteiger partial charge < -0.3 is 19.5 Å². The average Bonchev–Trinajstić information content (AvgIpc) is 3.01. The Bertz CT molecular complexity index is 1050. The van der Waals surface area contributed by atoms with Crippen LogP contribution < -0.4 is 4.74 Å². The molecule has 0 saturated carbocycles. The Morgan fingerprint density at radius 3 is 2.31 bits per heavy atom. The van der Waals surface area contributed by atoms with E-state index in [2.05, 4.69) is 13.8 Å². The molecule has 0 spiro atoms. The van der Waals surface area contributed by atoms with E-state index in [4.69, 9.17) is 9.47 Å². The van der Waals surface area contributed by atoms with E-state index in [0.29, 0.717) is 17.2 Å². The normalized spacial score (nSPS) is 18.0. The minimum absolute atomic E-state index is 0.0618. The first-order valence-corrected chi connectivity index (χ1v) is 10.7. The maximum Gasteiger partial charge on any atom is 0.295 e. The number of aryl methyl sites for hydroxylation is 2. The first-order valence-electron chi connectivity index (χ1n) is 10.7. The monoisotopic (exact) mass is 437 g/mol. The number of carbonyl (C=O) groups excluding carboxylic acids is 2. The van der Waals surface area contributed by atoms with Gasteiger partial charge in [0.2, 0.25) is 0 Å². The lowest BCUT2D eigenvalue weighted by Gasteiger charge is -2.25. The van der Waals surface area contributed by atoms with E-state index >= 15 is 0 Å². The minimum atomic E-state index is -0.711. The molecule has 1 saturated heterocycles. The number of ether oxygens (including phenoxy) is 2. The van der Waals surface area contributed by atoms with Crippen molar-refractivity contribution in [2.75, 3.05) is 27.4 Å². The second-order valence-electron chi connectivity index (χ2n) is 8.47. The van der Waals surface area contributed by atoms with Crippen LogP contribution in [0.15, 0.2) is 42.0 Å². The van der Waals surface area contributed by atoms with Crippen LogP contribution >= 0.6 is 0 Å². The van der Waals surface area contributed by atoms with Gasteiger partial charge in [-0.25, -0.2) is 0 Å². The Balaban J connectivity index is 2.23. The zero-order valence-electron chi connectivity index (χ0n) is 19.6. The molecule has 1 unspecified atom stereocenters. The molecule has 6 heteroatoms. The maximum atomic E-state index is 13.1. The highest BCUT2D eigenvalue weighted by Gasteiger charge is 2.46. The van der Waals surface area contributed by atoms with Crippen LogP contribution in [0.4, 0.5) is 0 Å². The lowest BCUT2D eigenvalue weighted by Crippen LogP contribution is -2.32. The van der Waals surface area contributed by atoms with Crippen molar-refractivity contribution in [1.82, 2.24) is 4.90 Å². The number of methoxy groups -OCH3 is 2. The third-order valence-electron chi connectivity index (χ3n) is 5.87. The van der Waals surface area contributed by atoms with E-state index in [0.717, 1.165) is 22.3 Å². The van der Waals surface area contributed by atoms with E-state index in [1.807, 2.05) is 44.2 Å². The SMILES string of the molecule is COCCN1C(=O)C(=O)/C(=C(/O)c2cc(C)cc(C)c2OC)C1c1ccc(C(C)C)cc1. The Morgan fingerprint density at radius 1 is 1.09 bits per heavy atom. The summed E-state index contributed by atoms with van der Waals surface area (Å²) < 4.78 is 10.7. The predicted octanol–water partition coefficient (Wildman–Crippen LogP) is 4.50. The number of amides is 1. The minimum Gasteiger partial charge on any atom is -0.507 e. The van der Waals surface area contributed by atoms with Gasteiger partial charge in [0.25, 0.3) is 11.7 Å². The molecule has 170 valence electrons. The number of hydrogen-bond acceptors (Lipinski definition) is 5. The molecule has 1 aliphatic rings. The van der Waals surface area contributed by atoms with Crippen molar-refractivity contribution in [2.45, 2.75) is 39.7 Å². The number of aliphatic hydroxyl groups is 1. The van der Waals surface area contributed by atoms with Crippen molar-refractivity contribution in [3.63, 3.8) is 0 Å². The van der Waals surface area contributed by atoms with Crippen LogP contribution in [-0.4, -0.2) is 49.1 Å². The zero-order chi connectivity index (χ0) is 23.6. The molecular weight excluding hydrogens is 406 g/mol. The van der Waals surface area contributed by atoms with Gasteiger partial charge in [-0.1, -0.05) is 44.2 Å². The van der Waals surface area contributed by atoms with Gasteiger partial charge >= 0.3 is 0 Å². The molecule has 3 rings (SSSR count). The molecule has 1 amide bonds. The van der Waals surface area contributed by atoms with Gasteiger partial charge in [0, 0.05) is 13.7 Å². The van der Waals surface area contributed by atoms with E-state index in [1.165, 1.54) is 12.0 Å². The molecule has 0 aliphatic carbocycles. The topological polar surface area (TPSA) is 76.1 Å². The molecular formula is C26H31NO5.